The first-order chi connectivity index (χ1) is 10.7. The smallest absolute Gasteiger partial charge is 0.230 e. The van der Waals surface area contributed by atoms with Gasteiger partial charge in [-0.3, -0.25) is 4.79 Å². The lowest BCUT2D eigenvalue weighted by atomic mass is 10.1. The quantitative estimate of drug-likeness (QED) is 0.917. The molecule has 3 rings (SSSR count). The number of amides is 1. The van der Waals surface area contributed by atoms with Gasteiger partial charge in [0.1, 0.15) is 16.9 Å². The topological polar surface area (TPSA) is 73.3 Å². The van der Waals surface area contributed by atoms with Crippen LogP contribution in [0.5, 0.6) is 5.75 Å². The molecule has 1 unspecified atom stereocenters. The van der Waals surface area contributed by atoms with Crippen molar-refractivity contribution in [2.75, 3.05) is 19.0 Å². The molecule has 1 amide bonds. The summed E-state index contributed by atoms with van der Waals surface area (Å²) in [4.78, 5) is 12.0. The molecule has 0 saturated carbocycles. The number of hydrogen-bond donors (Lipinski definition) is 1. The average Bonchev–Trinajstić information content (AvgIpc) is 3.19. The highest BCUT2D eigenvalue weighted by Gasteiger charge is 2.22. The normalized spacial score (nSPS) is 17.4. The molecule has 2 heterocycles. The maximum atomic E-state index is 12.0. The Hall–Kier alpha value is -1.99. The van der Waals surface area contributed by atoms with E-state index in [1.165, 1.54) is 11.3 Å². The minimum atomic E-state index is -0.111. The van der Waals surface area contributed by atoms with Gasteiger partial charge in [0.05, 0.1) is 13.5 Å². The molecule has 1 saturated heterocycles. The molecule has 116 valence electrons. The molecule has 0 aliphatic carbocycles. The second-order valence-corrected chi connectivity index (χ2v) is 6.03. The highest BCUT2D eigenvalue weighted by Crippen LogP contribution is 2.31. The fourth-order valence-electron chi connectivity index (χ4n) is 2.28. The molecule has 1 aromatic heterocycles. The number of aromatic nitrogens is 2. The van der Waals surface area contributed by atoms with Gasteiger partial charge >= 0.3 is 0 Å². The van der Waals surface area contributed by atoms with Crippen LogP contribution in [0.2, 0.25) is 0 Å². The SMILES string of the molecule is COc1ccc(CC(=O)Nc2nnc(C3CCCO3)s2)cc1. The Balaban J connectivity index is 1.56. The molecule has 0 spiro atoms. The number of methoxy groups -OCH3 is 1. The number of anilines is 1. The summed E-state index contributed by atoms with van der Waals surface area (Å²) >= 11 is 1.38. The molecule has 2 aromatic rings. The predicted molar refractivity (Wildman–Crippen MR) is 83.2 cm³/mol. The third-order valence-electron chi connectivity index (χ3n) is 3.42. The summed E-state index contributed by atoms with van der Waals surface area (Å²) in [7, 11) is 1.61. The standard InChI is InChI=1S/C15H17N3O3S/c1-20-11-6-4-10(5-7-11)9-13(19)16-15-18-17-14(22-15)12-3-2-8-21-12/h4-7,12H,2-3,8-9H2,1H3,(H,16,18,19). The maximum absolute atomic E-state index is 12.0. The van der Waals surface area contributed by atoms with Crippen molar-refractivity contribution in [1.82, 2.24) is 10.2 Å². The van der Waals surface area contributed by atoms with E-state index in [-0.39, 0.29) is 12.0 Å². The van der Waals surface area contributed by atoms with E-state index in [0.29, 0.717) is 11.6 Å². The Morgan fingerprint density at radius 1 is 1.41 bits per heavy atom. The van der Waals surface area contributed by atoms with E-state index in [1.54, 1.807) is 7.11 Å². The maximum Gasteiger partial charge on any atom is 0.230 e. The van der Waals surface area contributed by atoms with E-state index in [4.69, 9.17) is 9.47 Å². The molecule has 0 radical (unpaired) electrons. The van der Waals surface area contributed by atoms with Crippen molar-refractivity contribution in [2.24, 2.45) is 0 Å². The van der Waals surface area contributed by atoms with Crippen molar-refractivity contribution >= 4 is 22.4 Å². The summed E-state index contributed by atoms with van der Waals surface area (Å²) in [5.41, 5.74) is 0.919. The average molecular weight is 319 g/mol. The number of rotatable bonds is 5. The zero-order chi connectivity index (χ0) is 15.4. The number of nitrogens with one attached hydrogen (secondary N) is 1. The summed E-state index contributed by atoms with van der Waals surface area (Å²) in [6.45, 7) is 0.767. The van der Waals surface area contributed by atoms with Crippen LogP contribution in [0.15, 0.2) is 24.3 Å². The lowest BCUT2D eigenvalue weighted by Crippen LogP contribution is -2.14. The second-order valence-electron chi connectivity index (χ2n) is 5.02. The van der Waals surface area contributed by atoms with Crippen LogP contribution in [0.3, 0.4) is 0 Å². The first kappa shape index (κ1) is 14.9. The van der Waals surface area contributed by atoms with Crippen LogP contribution in [-0.2, 0) is 16.0 Å². The zero-order valence-corrected chi connectivity index (χ0v) is 13.1. The predicted octanol–water partition coefficient (Wildman–Crippen LogP) is 2.58. The summed E-state index contributed by atoms with van der Waals surface area (Å²) in [6, 6.07) is 7.42. The molecular formula is C15H17N3O3S. The Labute approximate surface area is 132 Å². The first-order valence-electron chi connectivity index (χ1n) is 7.12. The largest absolute Gasteiger partial charge is 0.497 e. The highest BCUT2D eigenvalue weighted by atomic mass is 32.1. The van der Waals surface area contributed by atoms with Crippen LogP contribution < -0.4 is 10.1 Å². The minimum Gasteiger partial charge on any atom is -0.497 e. The molecule has 0 bridgehead atoms. The Kier molecular flexibility index (Phi) is 4.65. The Morgan fingerprint density at radius 2 is 2.23 bits per heavy atom. The second kappa shape index (κ2) is 6.85. The number of carbonyl (C=O) groups excluding carboxylic acids is 1. The van der Waals surface area contributed by atoms with Crippen LogP contribution >= 0.6 is 11.3 Å². The van der Waals surface area contributed by atoms with E-state index in [9.17, 15) is 4.79 Å². The Morgan fingerprint density at radius 3 is 2.91 bits per heavy atom. The molecule has 1 aliphatic heterocycles. The van der Waals surface area contributed by atoms with Crippen molar-refractivity contribution in [3.05, 3.63) is 34.8 Å². The molecule has 1 aromatic carbocycles. The van der Waals surface area contributed by atoms with Gasteiger partial charge in [-0.15, -0.1) is 10.2 Å². The fourth-order valence-corrected chi connectivity index (χ4v) is 3.12. The third-order valence-corrected chi connectivity index (χ3v) is 4.35. The monoisotopic (exact) mass is 319 g/mol. The van der Waals surface area contributed by atoms with Crippen LogP contribution in [-0.4, -0.2) is 29.8 Å². The van der Waals surface area contributed by atoms with Crippen molar-refractivity contribution in [3.63, 3.8) is 0 Å². The molecule has 22 heavy (non-hydrogen) atoms. The molecule has 1 fully saturated rings. The number of hydrogen-bond acceptors (Lipinski definition) is 6. The van der Waals surface area contributed by atoms with Gasteiger partial charge in [0.2, 0.25) is 11.0 Å². The van der Waals surface area contributed by atoms with E-state index in [2.05, 4.69) is 15.5 Å². The number of carbonyl (C=O) groups is 1. The van der Waals surface area contributed by atoms with Gasteiger partial charge in [-0.1, -0.05) is 23.5 Å². The summed E-state index contributed by atoms with van der Waals surface area (Å²) in [6.07, 6.45) is 2.33. The van der Waals surface area contributed by atoms with Crippen LogP contribution in [0, 0.1) is 0 Å². The van der Waals surface area contributed by atoms with Gasteiger partial charge in [0.25, 0.3) is 0 Å². The summed E-state index contributed by atoms with van der Waals surface area (Å²) in [5.74, 6) is 0.662. The highest BCUT2D eigenvalue weighted by molar-refractivity contribution is 7.15. The Bertz CT molecular complexity index is 636. The van der Waals surface area contributed by atoms with Crippen molar-refractivity contribution < 1.29 is 14.3 Å². The van der Waals surface area contributed by atoms with Crippen molar-refractivity contribution in [2.45, 2.75) is 25.4 Å². The van der Waals surface area contributed by atoms with Gasteiger partial charge in [0.15, 0.2) is 0 Å². The van der Waals surface area contributed by atoms with Gasteiger partial charge in [-0.2, -0.15) is 0 Å². The van der Waals surface area contributed by atoms with Gasteiger partial charge in [-0.05, 0) is 30.5 Å². The molecule has 1 aliphatic rings. The van der Waals surface area contributed by atoms with Crippen molar-refractivity contribution in [3.8, 4) is 5.75 Å². The minimum absolute atomic E-state index is 0.0322. The number of benzene rings is 1. The van der Waals surface area contributed by atoms with Crippen LogP contribution in [0.4, 0.5) is 5.13 Å². The van der Waals surface area contributed by atoms with E-state index in [1.807, 2.05) is 24.3 Å². The lowest BCUT2D eigenvalue weighted by molar-refractivity contribution is -0.115. The van der Waals surface area contributed by atoms with Crippen LogP contribution in [0.1, 0.15) is 29.5 Å². The molecule has 1 N–H and O–H groups in total. The van der Waals surface area contributed by atoms with Gasteiger partial charge < -0.3 is 14.8 Å². The fraction of sp³-hybridized carbons (Fsp3) is 0.400. The first-order valence-corrected chi connectivity index (χ1v) is 7.94. The number of ether oxygens (including phenoxy) is 2. The van der Waals surface area contributed by atoms with E-state index < -0.39 is 0 Å². The van der Waals surface area contributed by atoms with Gasteiger partial charge in [0, 0.05) is 6.61 Å². The molecule has 1 atom stereocenters. The zero-order valence-electron chi connectivity index (χ0n) is 12.2. The van der Waals surface area contributed by atoms with E-state index >= 15 is 0 Å². The molecular weight excluding hydrogens is 302 g/mol. The number of nitrogens with zero attached hydrogens (tertiary/aromatic N) is 2. The van der Waals surface area contributed by atoms with Gasteiger partial charge in [-0.25, -0.2) is 0 Å². The molecule has 6 nitrogen and oxygen atoms in total. The lowest BCUT2D eigenvalue weighted by Gasteiger charge is -2.04. The third kappa shape index (κ3) is 3.61. The summed E-state index contributed by atoms with van der Waals surface area (Å²) in [5, 5.41) is 12.2. The van der Waals surface area contributed by atoms with Crippen molar-refractivity contribution in [1.29, 1.82) is 0 Å². The summed E-state index contributed by atoms with van der Waals surface area (Å²) < 4.78 is 10.7. The molecule has 7 heteroatoms. The van der Waals surface area contributed by atoms with E-state index in [0.717, 1.165) is 35.8 Å². The van der Waals surface area contributed by atoms with Crippen LogP contribution in [0.25, 0.3) is 0 Å².